The Hall–Kier alpha value is -0.0105. The van der Waals surface area contributed by atoms with Crippen molar-refractivity contribution in [3.8, 4) is 0 Å². The summed E-state index contributed by atoms with van der Waals surface area (Å²) < 4.78 is 0.986. The van der Waals surface area contributed by atoms with Crippen LogP contribution in [0.2, 0.25) is 4.82 Å². The van der Waals surface area contributed by atoms with E-state index < -0.39 is 0 Å². The number of hydrogen-bond acceptors (Lipinski definition) is 2. The molecule has 2 N–H and O–H groups in total. The van der Waals surface area contributed by atoms with E-state index in [4.69, 9.17) is 10.7 Å². The molecule has 0 bridgehead atoms. The van der Waals surface area contributed by atoms with Gasteiger partial charge in [-0.05, 0) is 0 Å². The quantitative estimate of drug-likeness (QED) is 0.309. The van der Waals surface area contributed by atoms with E-state index in [1.807, 2.05) is 0 Å². The van der Waals surface area contributed by atoms with Crippen molar-refractivity contribution < 1.29 is 0 Å². The van der Waals surface area contributed by atoms with Crippen molar-refractivity contribution in [2.45, 2.75) is 115 Å². The van der Waals surface area contributed by atoms with Crippen LogP contribution in [0.3, 0.4) is 0 Å². The van der Waals surface area contributed by atoms with Crippen LogP contribution < -0.4 is 5.73 Å². The third-order valence-electron chi connectivity index (χ3n) is 4.69. The SMILES string of the molecule is CCCCCCCC[C@@H]1[Se]C(N)=N[C@@H]1CCCCCCCC. The summed E-state index contributed by atoms with van der Waals surface area (Å²) in [5.41, 5.74) is 6.03. The van der Waals surface area contributed by atoms with Gasteiger partial charge in [0.1, 0.15) is 0 Å². The summed E-state index contributed by atoms with van der Waals surface area (Å²) in [5, 5.41) is 0. The molecule has 22 heavy (non-hydrogen) atoms. The van der Waals surface area contributed by atoms with E-state index >= 15 is 0 Å². The Balaban J connectivity index is 2.09. The number of nitrogens with two attached hydrogens (primary N) is 1. The summed E-state index contributed by atoms with van der Waals surface area (Å²) >= 11 is 0.482. The van der Waals surface area contributed by atoms with Crippen molar-refractivity contribution in [1.82, 2.24) is 0 Å². The van der Waals surface area contributed by atoms with Crippen LogP contribution >= 0.6 is 0 Å². The molecule has 0 aromatic rings. The topological polar surface area (TPSA) is 38.4 Å². The maximum absolute atomic E-state index is 6.03. The van der Waals surface area contributed by atoms with Crippen LogP contribution in [0, 0.1) is 0 Å². The van der Waals surface area contributed by atoms with Crippen molar-refractivity contribution >= 4 is 19.7 Å². The molecule has 3 heteroatoms. The van der Waals surface area contributed by atoms with Gasteiger partial charge < -0.3 is 0 Å². The van der Waals surface area contributed by atoms with Crippen molar-refractivity contribution in [1.29, 1.82) is 0 Å². The van der Waals surface area contributed by atoms with Gasteiger partial charge in [0, 0.05) is 0 Å². The van der Waals surface area contributed by atoms with Crippen molar-refractivity contribution in [2.24, 2.45) is 10.7 Å². The molecular formula is C19H38N2Se. The fourth-order valence-electron chi connectivity index (χ4n) is 3.27. The van der Waals surface area contributed by atoms with E-state index in [1.54, 1.807) is 0 Å². The van der Waals surface area contributed by atoms with Gasteiger partial charge in [0.2, 0.25) is 0 Å². The minimum atomic E-state index is 0.482. The fourth-order valence-corrected chi connectivity index (χ4v) is 5.67. The first-order valence-electron chi connectivity index (χ1n) is 9.77. The van der Waals surface area contributed by atoms with Gasteiger partial charge >= 0.3 is 145 Å². The first-order chi connectivity index (χ1) is 10.8. The first kappa shape index (κ1) is 20.0. The zero-order valence-electron chi connectivity index (χ0n) is 15.0. The molecule has 0 fully saturated rings. The van der Waals surface area contributed by atoms with Crippen LogP contribution in [0.25, 0.3) is 0 Å². The summed E-state index contributed by atoms with van der Waals surface area (Å²) in [6.07, 6.45) is 19.4. The number of unbranched alkanes of at least 4 members (excludes halogenated alkanes) is 10. The van der Waals surface area contributed by atoms with Crippen molar-refractivity contribution in [3.63, 3.8) is 0 Å². The summed E-state index contributed by atoms with van der Waals surface area (Å²) in [7, 11) is 0. The number of amidine groups is 1. The molecule has 0 aromatic heterocycles. The summed E-state index contributed by atoms with van der Waals surface area (Å²) in [6.45, 7) is 4.57. The molecule has 0 spiro atoms. The Labute approximate surface area is 145 Å². The monoisotopic (exact) mass is 374 g/mol. The van der Waals surface area contributed by atoms with Gasteiger partial charge in [-0.1, -0.05) is 0 Å². The third-order valence-corrected chi connectivity index (χ3v) is 7.21. The van der Waals surface area contributed by atoms with Crippen LogP contribution in [0.15, 0.2) is 4.99 Å². The molecule has 1 heterocycles. The van der Waals surface area contributed by atoms with Crippen molar-refractivity contribution in [3.05, 3.63) is 0 Å². The molecule has 0 aromatic carbocycles. The van der Waals surface area contributed by atoms with Gasteiger partial charge in [-0.2, -0.15) is 0 Å². The van der Waals surface area contributed by atoms with E-state index in [1.165, 1.54) is 89.9 Å². The van der Waals surface area contributed by atoms with E-state index in [-0.39, 0.29) is 0 Å². The van der Waals surface area contributed by atoms with Gasteiger partial charge in [-0.25, -0.2) is 0 Å². The number of nitrogens with zero attached hydrogens (tertiary/aromatic N) is 1. The molecule has 1 aliphatic rings. The molecule has 0 aliphatic carbocycles. The zero-order chi connectivity index (χ0) is 16.0. The Bertz CT molecular complexity index is 291. The summed E-state index contributed by atoms with van der Waals surface area (Å²) in [4.78, 5) is 5.57. The molecule has 1 rings (SSSR count). The minimum absolute atomic E-state index is 0.482. The first-order valence-corrected chi connectivity index (χ1v) is 11.6. The van der Waals surface area contributed by atoms with E-state index in [0.717, 1.165) is 9.55 Å². The standard InChI is InChI=1S/C19H38N2Se/c1-3-5-7-9-11-13-15-17-18(22-19(20)21-17)16-14-12-10-8-6-4-2/h17-18H,3-16H2,1-2H3,(H2,20,21)/t17-,18+/m1/s1. The Morgan fingerprint density at radius 1 is 0.773 bits per heavy atom. The van der Waals surface area contributed by atoms with E-state index in [0.29, 0.717) is 21.0 Å². The third kappa shape index (κ3) is 9.20. The number of hydrogen-bond donors (Lipinski definition) is 1. The van der Waals surface area contributed by atoms with Gasteiger partial charge in [-0.3, -0.25) is 0 Å². The average Bonchev–Trinajstić information content (AvgIpc) is 2.86. The summed E-state index contributed by atoms with van der Waals surface area (Å²) in [5.74, 6) is 0. The molecule has 2 atom stereocenters. The Morgan fingerprint density at radius 2 is 1.27 bits per heavy atom. The molecule has 0 saturated heterocycles. The second-order valence-corrected chi connectivity index (χ2v) is 9.45. The van der Waals surface area contributed by atoms with Gasteiger partial charge in [0.25, 0.3) is 0 Å². The van der Waals surface area contributed by atoms with Crippen LogP contribution in [-0.2, 0) is 0 Å². The Kier molecular flexibility index (Phi) is 12.2. The predicted octanol–water partition coefficient (Wildman–Crippen LogP) is 5.68. The van der Waals surface area contributed by atoms with Crippen LogP contribution in [0.1, 0.15) is 104 Å². The number of rotatable bonds is 14. The molecule has 1 aliphatic heterocycles. The second kappa shape index (κ2) is 13.4. The van der Waals surface area contributed by atoms with Gasteiger partial charge in [0.15, 0.2) is 0 Å². The van der Waals surface area contributed by atoms with Crippen LogP contribution in [-0.4, -0.2) is 25.7 Å². The van der Waals surface area contributed by atoms with E-state index in [2.05, 4.69) is 13.8 Å². The predicted molar refractivity (Wildman–Crippen MR) is 101 cm³/mol. The van der Waals surface area contributed by atoms with Crippen LogP contribution in [0.4, 0.5) is 0 Å². The van der Waals surface area contributed by atoms with Gasteiger partial charge in [0.05, 0.1) is 0 Å². The zero-order valence-corrected chi connectivity index (χ0v) is 16.7. The molecule has 0 radical (unpaired) electrons. The average molecular weight is 373 g/mol. The molecule has 130 valence electrons. The molecule has 2 nitrogen and oxygen atoms in total. The summed E-state index contributed by atoms with van der Waals surface area (Å²) in [6, 6.07) is 0.571. The Morgan fingerprint density at radius 3 is 1.86 bits per heavy atom. The van der Waals surface area contributed by atoms with E-state index in [9.17, 15) is 0 Å². The normalized spacial score (nSPS) is 21.3. The molecule has 0 amide bonds. The van der Waals surface area contributed by atoms with Gasteiger partial charge in [-0.15, -0.1) is 0 Å². The number of aliphatic imine (C=N–C) groups is 1. The van der Waals surface area contributed by atoms with Crippen molar-refractivity contribution in [2.75, 3.05) is 0 Å². The maximum atomic E-state index is 6.03. The molecule has 0 unspecified atom stereocenters. The molecule has 0 saturated carbocycles. The van der Waals surface area contributed by atoms with Crippen LogP contribution in [0.5, 0.6) is 0 Å². The molecular weight excluding hydrogens is 335 g/mol. The fraction of sp³-hybridized carbons (Fsp3) is 0.947. The second-order valence-electron chi connectivity index (χ2n) is 6.80.